The van der Waals surface area contributed by atoms with Gasteiger partial charge in [0.1, 0.15) is 0 Å². The van der Waals surface area contributed by atoms with Gasteiger partial charge in [-0.05, 0) is 44.7 Å². The van der Waals surface area contributed by atoms with Gasteiger partial charge in [0.25, 0.3) is 0 Å². The van der Waals surface area contributed by atoms with E-state index in [-0.39, 0.29) is 0 Å². The second-order valence-electron chi connectivity index (χ2n) is 6.33. The molecule has 1 saturated heterocycles. The Morgan fingerprint density at radius 1 is 1.33 bits per heavy atom. The summed E-state index contributed by atoms with van der Waals surface area (Å²) in [6.45, 7) is 4.89. The molecule has 1 atom stereocenters. The lowest BCUT2D eigenvalue weighted by molar-refractivity contribution is 0.192. The smallest absolute Gasteiger partial charge is 0.240 e. The van der Waals surface area contributed by atoms with Crippen LogP contribution in [-0.4, -0.2) is 37.4 Å². The first-order valence-corrected chi connectivity index (χ1v) is 7.83. The van der Waals surface area contributed by atoms with Crippen molar-refractivity contribution in [3.8, 4) is 0 Å². The van der Waals surface area contributed by atoms with Crippen LogP contribution in [0.1, 0.15) is 48.9 Å². The van der Waals surface area contributed by atoms with E-state index in [0.29, 0.717) is 12.0 Å². The van der Waals surface area contributed by atoms with Crippen molar-refractivity contribution in [2.24, 2.45) is 0 Å². The molecule has 4 rings (SSSR count). The highest BCUT2D eigenvalue weighted by Gasteiger charge is 2.30. The van der Waals surface area contributed by atoms with Gasteiger partial charge in [-0.3, -0.25) is 9.58 Å². The Morgan fingerprint density at radius 3 is 3.00 bits per heavy atom. The Kier molecular flexibility index (Phi) is 3.25. The van der Waals surface area contributed by atoms with Gasteiger partial charge < -0.3 is 4.52 Å². The zero-order valence-corrected chi connectivity index (χ0v) is 12.4. The van der Waals surface area contributed by atoms with Crippen LogP contribution in [0, 0.1) is 6.92 Å². The quantitative estimate of drug-likeness (QED) is 0.843. The molecule has 112 valence electrons. The lowest BCUT2D eigenvalue weighted by atomic mass is 10.2. The van der Waals surface area contributed by atoms with E-state index in [9.17, 15) is 0 Å². The van der Waals surface area contributed by atoms with Crippen molar-refractivity contribution < 1.29 is 4.52 Å². The molecule has 0 N–H and O–H groups in total. The summed E-state index contributed by atoms with van der Waals surface area (Å²) < 4.78 is 7.45. The molecule has 2 aromatic heterocycles. The molecule has 0 radical (unpaired) electrons. The highest BCUT2D eigenvalue weighted by atomic mass is 16.5. The molecule has 2 aliphatic rings. The lowest BCUT2D eigenvalue weighted by Crippen LogP contribution is -2.32. The maximum Gasteiger partial charge on any atom is 0.240 e. The standard InChI is InChI=1S/C15H21N5O/c1-11-7-16-20(8-11)9-13-3-2-6-19(13)10-14-17-15(18-21-14)12-4-5-12/h7-8,12-13H,2-6,9-10H2,1H3/t13-/m0/s1. The van der Waals surface area contributed by atoms with Gasteiger partial charge in [-0.25, -0.2) is 0 Å². The molecule has 2 fully saturated rings. The van der Waals surface area contributed by atoms with Crippen molar-refractivity contribution in [1.29, 1.82) is 0 Å². The number of likely N-dealkylation sites (tertiary alicyclic amines) is 1. The van der Waals surface area contributed by atoms with Crippen molar-refractivity contribution in [2.45, 2.75) is 57.7 Å². The van der Waals surface area contributed by atoms with Gasteiger partial charge in [0.15, 0.2) is 5.82 Å². The first-order chi connectivity index (χ1) is 10.3. The largest absolute Gasteiger partial charge is 0.338 e. The Balaban J connectivity index is 1.40. The number of aryl methyl sites for hydroxylation is 1. The fourth-order valence-corrected chi connectivity index (χ4v) is 3.11. The van der Waals surface area contributed by atoms with Crippen LogP contribution in [0.3, 0.4) is 0 Å². The molecule has 1 aliphatic carbocycles. The number of hydrogen-bond acceptors (Lipinski definition) is 5. The van der Waals surface area contributed by atoms with E-state index in [1.54, 1.807) is 0 Å². The average molecular weight is 287 g/mol. The molecule has 2 aromatic rings. The second kappa shape index (κ2) is 5.26. The maximum absolute atomic E-state index is 5.41. The Labute approximate surface area is 124 Å². The van der Waals surface area contributed by atoms with Crippen molar-refractivity contribution in [2.75, 3.05) is 6.54 Å². The molecule has 1 saturated carbocycles. The molecule has 0 unspecified atom stereocenters. The zero-order valence-electron chi connectivity index (χ0n) is 12.4. The van der Waals surface area contributed by atoms with E-state index in [1.807, 2.05) is 10.9 Å². The third kappa shape index (κ3) is 2.85. The predicted molar refractivity (Wildman–Crippen MR) is 76.7 cm³/mol. The molecule has 6 heteroatoms. The van der Waals surface area contributed by atoms with Gasteiger partial charge in [0, 0.05) is 18.2 Å². The summed E-state index contributed by atoms with van der Waals surface area (Å²) >= 11 is 0. The van der Waals surface area contributed by atoms with E-state index in [0.717, 1.165) is 31.3 Å². The van der Waals surface area contributed by atoms with Crippen molar-refractivity contribution in [3.05, 3.63) is 29.7 Å². The average Bonchev–Trinajstić information content (AvgIpc) is 2.86. The van der Waals surface area contributed by atoms with Crippen LogP contribution in [0.2, 0.25) is 0 Å². The monoisotopic (exact) mass is 287 g/mol. The zero-order chi connectivity index (χ0) is 14.2. The van der Waals surface area contributed by atoms with Crippen LogP contribution in [0.15, 0.2) is 16.9 Å². The highest BCUT2D eigenvalue weighted by molar-refractivity contribution is 5.03. The number of rotatable bonds is 5. The minimum atomic E-state index is 0.514. The van der Waals surface area contributed by atoms with Crippen LogP contribution in [0.5, 0.6) is 0 Å². The fourth-order valence-electron chi connectivity index (χ4n) is 3.11. The maximum atomic E-state index is 5.41. The molecule has 0 bridgehead atoms. The third-order valence-electron chi connectivity index (χ3n) is 4.42. The Hall–Kier alpha value is -1.69. The molecular weight excluding hydrogens is 266 g/mol. The first-order valence-electron chi connectivity index (χ1n) is 7.83. The summed E-state index contributed by atoms with van der Waals surface area (Å²) in [6, 6.07) is 0.514. The molecule has 6 nitrogen and oxygen atoms in total. The molecular formula is C15H21N5O. The normalized spacial score (nSPS) is 23.0. The van der Waals surface area contributed by atoms with Gasteiger partial charge >= 0.3 is 0 Å². The van der Waals surface area contributed by atoms with E-state index in [2.05, 4.69) is 33.3 Å². The van der Waals surface area contributed by atoms with E-state index in [4.69, 9.17) is 4.52 Å². The van der Waals surface area contributed by atoms with Crippen LogP contribution in [-0.2, 0) is 13.1 Å². The minimum Gasteiger partial charge on any atom is -0.338 e. The molecule has 0 aromatic carbocycles. The van der Waals surface area contributed by atoms with Gasteiger partial charge in [-0.2, -0.15) is 10.1 Å². The van der Waals surface area contributed by atoms with Crippen molar-refractivity contribution in [1.82, 2.24) is 24.8 Å². The summed E-state index contributed by atoms with van der Waals surface area (Å²) in [5, 5.41) is 8.50. The predicted octanol–water partition coefficient (Wildman–Crippen LogP) is 2.12. The van der Waals surface area contributed by atoms with Gasteiger partial charge in [0.05, 0.1) is 19.3 Å². The van der Waals surface area contributed by atoms with Gasteiger partial charge in [-0.15, -0.1) is 0 Å². The Bertz CT molecular complexity index is 615. The van der Waals surface area contributed by atoms with E-state index in [1.165, 1.54) is 31.2 Å². The summed E-state index contributed by atoms with van der Waals surface area (Å²) in [5.74, 6) is 2.23. The molecule has 3 heterocycles. The first kappa shape index (κ1) is 13.0. The van der Waals surface area contributed by atoms with Crippen LogP contribution in [0.4, 0.5) is 0 Å². The summed E-state index contributed by atoms with van der Waals surface area (Å²) in [5.41, 5.74) is 1.21. The van der Waals surface area contributed by atoms with Crippen LogP contribution in [0.25, 0.3) is 0 Å². The topological polar surface area (TPSA) is 60.0 Å². The van der Waals surface area contributed by atoms with Crippen molar-refractivity contribution in [3.63, 3.8) is 0 Å². The third-order valence-corrected chi connectivity index (χ3v) is 4.42. The fraction of sp³-hybridized carbons (Fsp3) is 0.667. The molecule has 0 spiro atoms. The van der Waals surface area contributed by atoms with E-state index < -0.39 is 0 Å². The highest BCUT2D eigenvalue weighted by Crippen LogP contribution is 2.38. The molecule has 0 amide bonds. The SMILES string of the molecule is Cc1cnn(C[C@@H]2CCCN2Cc2nc(C3CC3)no2)c1. The van der Waals surface area contributed by atoms with Gasteiger partial charge in [-0.1, -0.05) is 5.16 Å². The van der Waals surface area contributed by atoms with Gasteiger partial charge in [0.2, 0.25) is 5.89 Å². The van der Waals surface area contributed by atoms with E-state index >= 15 is 0 Å². The lowest BCUT2D eigenvalue weighted by Gasteiger charge is -2.22. The molecule has 1 aliphatic heterocycles. The molecule has 21 heavy (non-hydrogen) atoms. The summed E-state index contributed by atoms with van der Waals surface area (Å²) in [6.07, 6.45) is 8.89. The minimum absolute atomic E-state index is 0.514. The number of nitrogens with zero attached hydrogens (tertiary/aromatic N) is 5. The van der Waals surface area contributed by atoms with Crippen molar-refractivity contribution >= 4 is 0 Å². The van der Waals surface area contributed by atoms with Crippen LogP contribution >= 0.6 is 0 Å². The summed E-state index contributed by atoms with van der Waals surface area (Å²) in [7, 11) is 0. The number of hydrogen-bond donors (Lipinski definition) is 0. The Morgan fingerprint density at radius 2 is 2.24 bits per heavy atom. The second-order valence-corrected chi connectivity index (χ2v) is 6.33. The number of aromatic nitrogens is 4. The van der Waals surface area contributed by atoms with Crippen LogP contribution < -0.4 is 0 Å². The summed E-state index contributed by atoms with van der Waals surface area (Å²) in [4.78, 5) is 6.99.